The summed E-state index contributed by atoms with van der Waals surface area (Å²) in [5.41, 5.74) is 6.62. The minimum absolute atomic E-state index is 0.208. The molecular formula is C14H19N3O2. The average Bonchev–Trinajstić information content (AvgIpc) is 2.38. The number of carbonyl (C=O) groups is 1. The number of para-hydroxylation sites is 1. The van der Waals surface area contributed by atoms with Crippen molar-refractivity contribution in [1.82, 2.24) is 0 Å². The number of ether oxygens (including phenoxy) is 1. The van der Waals surface area contributed by atoms with Crippen LogP contribution in [-0.2, 0) is 4.79 Å². The first-order valence-corrected chi connectivity index (χ1v) is 6.12. The number of anilines is 1. The average molecular weight is 261 g/mol. The number of carbonyl (C=O) groups excluding carboxylic acids is 1. The fourth-order valence-electron chi connectivity index (χ4n) is 1.56. The van der Waals surface area contributed by atoms with E-state index in [2.05, 4.69) is 5.32 Å². The molecule has 19 heavy (non-hydrogen) atoms. The number of amides is 1. The summed E-state index contributed by atoms with van der Waals surface area (Å²) in [6.07, 6.45) is 0.209. The third kappa shape index (κ3) is 3.97. The second-order valence-corrected chi connectivity index (χ2v) is 4.65. The van der Waals surface area contributed by atoms with Gasteiger partial charge in [0.25, 0.3) is 0 Å². The van der Waals surface area contributed by atoms with Crippen molar-refractivity contribution in [3.8, 4) is 11.8 Å². The molecule has 0 spiro atoms. The van der Waals surface area contributed by atoms with Crippen LogP contribution in [0.2, 0.25) is 0 Å². The number of hydrogen-bond donors (Lipinski definition) is 2. The lowest BCUT2D eigenvalue weighted by Crippen LogP contribution is -2.31. The Morgan fingerprint density at radius 3 is 2.74 bits per heavy atom. The topological polar surface area (TPSA) is 88.1 Å². The molecule has 1 aromatic rings. The van der Waals surface area contributed by atoms with Crippen molar-refractivity contribution >= 4 is 11.6 Å². The highest BCUT2D eigenvalue weighted by Gasteiger charge is 2.16. The lowest BCUT2D eigenvalue weighted by molar-refractivity contribution is -0.116. The van der Waals surface area contributed by atoms with E-state index in [1.54, 1.807) is 18.2 Å². The summed E-state index contributed by atoms with van der Waals surface area (Å²) >= 11 is 0. The molecule has 0 saturated carbocycles. The second kappa shape index (κ2) is 6.76. The molecule has 5 nitrogen and oxygen atoms in total. The molecule has 0 aliphatic heterocycles. The Morgan fingerprint density at radius 1 is 1.53 bits per heavy atom. The van der Waals surface area contributed by atoms with Crippen molar-refractivity contribution in [3.05, 3.63) is 23.8 Å². The number of nitrogens with zero attached hydrogens (tertiary/aromatic N) is 1. The van der Waals surface area contributed by atoms with Gasteiger partial charge in [-0.25, -0.2) is 0 Å². The fourth-order valence-corrected chi connectivity index (χ4v) is 1.56. The zero-order valence-electron chi connectivity index (χ0n) is 11.4. The van der Waals surface area contributed by atoms with Crippen molar-refractivity contribution in [1.29, 1.82) is 5.26 Å². The van der Waals surface area contributed by atoms with Crippen LogP contribution in [-0.4, -0.2) is 19.1 Å². The van der Waals surface area contributed by atoms with Crippen LogP contribution in [0.5, 0.6) is 5.75 Å². The van der Waals surface area contributed by atoms with E-state index in [4.69, 9.17) is 15.7 Å². The van der Waals surface area contributed by atoms with Gasteiger partial charge in [-0.1, -0.05) is 19.9 Å². The first-order valence-electron chi connectivity index (χ1n) is 6.12. The Kier molecular flexibility index (Phi) is 5.34. The minimum atomic E-state index is -0.220. The van der Waals surface area contributed by atoms with E-state index in [-0.39, 0.29) is 24.3 Å². The van der Waals surface area contributed by atoms with E-state index in [1.807, 2.05) is 19.9 Å². The van der Waals surface area contributed by atoms with Gasteiger partial charge in [-0.05, 0) is 18.1 Å². The molecule has 0 bridgehead atoms. The molecule has 3 N–H and O–H groups in total. The molecular weight excluding hydrogens is 242 g/mol. The molecule has 0 radical (unpaired) electrons. The number of rotatable bonds is 5. The zero-order valence-corrected chi connectivity index (χ0v) is 11.4. The highest BCUT2D eigenvalue weighted by atomic mass is 16.5. The molecule has 0 aromatic heterocycles. The minimum Gasteiger partial charge on any atom is -0.495 e. The maximum atomic E-state index is 11.9. The number of hydrogen-bond acceptors (Lipinski definition) is 4. The first kappa shape index (κ1) is 15.0. The molecule has 5 heteroatoms. The Bertz CT molecular complexity index is 492. The number of methoxy groups -OCH3 is 1. The van der Waals surface area contributed by atoms with Crippen LogP contribution in [0.25, 0.3) is 0 Å². The van der Waals surface area contributed by atoms with Gasteiger partial charge < -0.3 is 15.8 Å². The Hall–Kier alpha value is -2.06. The Morgan fingerprint density at radius 2 is 2.21 bits per heavy atom. The van der Waals surface area contributed by atoms with Gasteiger partial charge in [0, 0.05) is 12.5 Å². The summed E-state index contributed by atoms with van der Waals surface area (Å²) in [5, 5.41) is 11.7. The van der Waals surface area contributed by atoms with Crippen LogP contribution in [0.3, 0.4) is 0 Å². The molecule has 1 unspecified atom stereocenters. The summed E-state index contributed by atoms with van der Waals surface area (Å²) in [7, 11) is 1.49. The van der Waals surface area contributed by atoms with Crippen LogP contribution in [0.4, 0.5) is 5.69 Å². The van der Waals surface area contributed by atoms with E-state index in [1.165, 1.54) is 7.11 Å². The molecule has 1 rings (SSSR count). The highest BCUT2D eigenvalue weighted by molar-refractivity contribution is 5.94. The normalized spacial score (nSPS) is 11.8. The van der Waals surface area contributed by atoms with Gasteiger partial charge in [0.2, 0.25) is 5.91 Å². The molecule has 1 aromatic carbocycles. The molecule has 0 heterocycles. The highest BCUT2D eigenvalue weighted by Crippen LogP contribution is 2.28. The lowest BCUT2D eigenvalue weighted by atomic mass is 10.0. The molecule has 1 amide bonds. The molecule has 0 aliphatic carbocycles. The van der Waals surface area contributed by atoms with Gasteiger partial charge in [-0.15, -0.1) is 0 Å². The summed E-state index contributed by atoms with van der Waals surface area (Å²) < 4.78 is 5.14. The van der Waals surface area contributed by atoms with Crippen LogP contribution < -0.4 is 15.8 Å². The zero-order chi connectivity index (χ0) is 14.4. The van der Waals surface area contributed by atoms with E-state index < -0.39 is 0 Å². The van der Waals surface area contributed by atoms with Crippen LogP contribution in [0.15, 0.2) is 18.2 Å². The number of nitriles is 1. The van der Waals surface area contributed by atoms with E-state index in [0.717, 1.165) is 0 Å². The predicted octanol–water partition coefficient (Wildman–Crippen LogP) is 1.88. The first-order chi connectivity index (χ1) is 8.99. The van der Waals surface area contributed by atoms with Gasteiger partial charge in [-0.2, -0.15) is 5.26 Å². The quantitative estimate of drug-likeness (QED) is 0.847. The predicted molar refractivity (Wildman–Crippen MR) is 73.8 cm³/mol. The van der Waals surface area contributed by atoms with Crippen molar-refractivity contribution in [2.45, 2.75) is 26.3 Å². The van der Waals surface area contributed by atoms with Gasteiger partial charge in [0.1, 0.15) is 17.5 Å². The molecule has 1 atom stereocenters. The number of nitrogens with two attached hydrogens (primary N) is 1. The fraction of sp³-hybridized carbons (Fsp3) is 0.429. The van der Waals surface area contributed by atoms with Crippen LogP contribution >= 0.6 is 0 Å². The maximum absolute atomic E-state index is 11.9. The maximum Gasteiger partial charge on any atom is 0.226 e. The lowest BCUT2D eigenvalue weighted by Gasteiger charge is -2.16. The van der Waals surface area contributed by atoms with Gasteiger partial charge in [-0.3, -0.25) is 4.79 Å². The van der Waals surface area contributed by atoms with Gasteiger partial charge in [0.05, 0.1) is 12.7 Å². The van der Waals surface area contributed by atoms with Gasteiger partial charge >= 0.3 is 0 Å². The number of nitrogens with one attached hydrogen (secondary N) is 1. The van der Waals surface area contributed by atoms with Crippen LogP contribution in [0, 0.1) is 17.2 Å². The Balaban J connectivity index is 2.87. The molecule has 0 aliphatic rings. The smallest absolute Gasteiger partial charge is 0.226 e. The summed E-state index contributed by atoms with van der Waals surface area (Å²) in [5.74, 6) is 0.464. The van der Waals surface area contributed by atoms with E-state index >= 15 is 0 Å². The molecule has 102 valence electrons. The van der Waals surface area contributed by atoms with E-state index in [0.29, 0.717) is 17.0 Å². The van der Waals surface area contributed by atoms with Crippen molar-refractivity contribution in [2.24, 2.45) is 11.7 Å². The van der Waals surface area contributed by atoms with E-state index in [9.17, 15) is 4.79 Å². The summed E-state index contributed by atoms with van der Waals surface area (Å²) in [6.45, 7) is 3.92. The Labute approximate surface area is 113 Å². The van der Waals surface area contributed by atoms with Gasteiger partial charge in [0.15, 0.2) is 0 Å². The van der Waals surface area contributed by atoms with Crippen molar-refractivity contribution in [3.63, 3.8) is 0 Å². The molecule has 0 saturated heterocycles. The largest absolute Gasteiger partial charge is 0.495 e. The second-order valence-electron chi connectivity index (χ2n) is 4.65. The van der Waals surface area contributed by atoms with Crippen molar-refractivity contribution < 1.29 is 9.53 Å². The summed E-state index contributed by atoms with van der Waals surface area (Å²) in [6, 6.07) is 6.84. The number of benzene rings is 1. The molecule has 0 fully saturated rings. The SMILES string of the molecule is COc1cccc(C#N)c1NC(=O)CC(N)C(C)C. The van der Waals surface area contributed by atoms with Crippen molar-refractivity contribution in [2.75, 3.05) is 12.4 Å². The standard InChI is InChI=1S/C14H19N3O2/c1-9(2)11(16)7-13(18)17-14-10(8-15)5-4-6-12(14)19-3/h4-6,9,11H,7,16H2,1-3H3,(H,17,18). The third-order valence-electron chi connectivity index (χ3n) is 2.91. The third-order valence-corrected chi connectivity index (χ3v) is 2.91. The monoisotopic (exact) mass is 261 g/mol. The van der Waals surface area contributed by atoms with Crippen LogP contribution in [0.1, 0.15) is 25.8 Å². The summed E-state index contributed by atoms with van der Waals surface area (Å²) in [4.78, 5) is 11.9.